The molecule has 0 bridgehead atoms. The zero-order valence-corrected chi connectivity index (χ0v) is 18.4. The lowest BCUT2D eigenvalue weighted by Crippen LogP contribution is -2.42. The van der Waals surface area contributed by atoms with E-state index in [-0.39, 0.29) is 30.6 Å². The van der Waals surface area contributed by atoms with Crippen molar-refractivity contribution in [3.8, 4) is 5.75 Å². The molecule has 27 heavy (non-hydrogen) atoms. The highest BCUT2D eigenvalue weighted by Gasteiger charge is 2.43. The molecule has 0 atom stereocenters. The van der Waals surface area contributed by atoms with Crippen LogP contribution in [0.5, 0.6) is 5.75 Å². The Morgan fingerprint density at radius 2 is 2.04 bits per heavy atom. The molecule has 1 aliphatic carbocycles. The van der Waals surface area contributed by atoms with Crippen LogP contribution in [0.1, 0.15) is 38.2 Å². The molecular weight excluding hydrogens is 455 g/mol. The Morgan fingerprint density at radius 1 is 1.30 bits per heavy atom. The van der Waals surface area contributed by atoms with Crippen LogP contribution in [0.4, 0.5) is 0 Å². The van der Waals surface area contributed by atoms with Crippen LogP contribution in [0.3, 0.4) is 0 Å². The molecule has 2 aliphatic rings. The van der Waals surface area contributed by atoms with E-state index in [4.69, 9.17) is 15.5 Å². The van der Waals surface area contributed by atoms with E-state index in [1.165, 1.54) is 31.2 Å². The minimum atomic E-state index is -0.468. The van der Waals surface area contributed by atoms with Gasteiger partial charge < -0.3 is 20.7 Å². The van der Waals surface area contributed by atoms with Crippen molar-refractivity contribution in [3.63, 3.8) is 0 Å². The van der Waals surface area contributed by atoms with E-state index < -0.39 is 5.91 Å². The van der Waals surface area contributed by atoms with Gasteiger partial charge in [-0.2, -0.15) is 0 Å². The molecule has 1 saturated carbocycles. The summed E-state index contributed by atoms with van der Waals surface area (Å²) in [4.78, 5) is 18.0. The van der Waals surface area contributed by atoms with E-state index in [9.17, 15) is 4.79 Å². The Hall–Kier alpha value is -1.51. The molecule has 1 amide bonds. The number of nitrogens with zero attached hydrogens (tertiary/aromatic N) is 2. The normalized spacial score (nSPS) is 18.0. The van der Waals surface area contributed by atoms with Crippen LogP contribution in [0.25, 0.3) is 0 Å². The Labute approximate surface area is 178 Å². The number of nitrogens with two attached hydrogens (primary N) is 1. The molecule has 1 saturated heterocycles. The van der Waals surface area contributed by atoms with Gasteiger partial charge in [-0.3, -0.25) is 9.79 Å². The van der Waals surface area contributed by atoms with Crippen molar-refractivity contribution in [2.75, 3.05) is 32.8 Å². The fourth-order valence-electron chi connectivity index (χ4n) is 3.82. The lowest BCUT2D eigenvalue weighted by molar-refractivity contribution is -0.119. The number of carbonyl (C=O) groups excluding carboxylic acids is 1. The summed E-state index contributed by atoms with van der Waals surface area (Å²) in [6.07, 6.45) is 6.34. The summed E-state index contributed by atoms with van der Waals surface area (Å²) in [5.41, 5.74) is 6.86. The summed E-state index contributed by atoms with van der Waals surface area (Å²) >= 11 is 0. The minimum absolute atomic E-state index is 0. The van der Waals surface area contributed by atoms with Crippen molar-refractivity contribution in [3.05, 3.63) is 29.8 Å². The van der Waals surface area contributed by atoms with Crippen molar-refractivity contribution >= 4 is 35.8 Å². The Morgan fingerprint density at radius 3 is 2.59 bits per heavy atom. The average Bonchev–Trinajstić information content (AvgIpc) is 3.06. The predicted molar refractivity (Wildman–Crippen MR) is 119 cm³/mol. The molecule has 7 heteroatoms. The molecular formula is C20H31IN4O2. The Kier molecular flexibility index (Phi) is 8.19. The third-order valence-corrected chi connectivity index (χ3v) is 5.45. The summed E-state index contributed by atoms with van der Waals surface area (Å²) < 4.78 is 5.28. The van der Waals surface area contributed by atoms with Gasteiger partial charge in [0.2, 0.25) is 0 Å². The van der Waals surface area contributed by atoms with E-state index in [0.717, 1.165) is 38.6 Å². The van der Waals surface area contributed by atoms with E-state index >= 15 is 0 Å². The first-order chi connectivity index (χ1) is 12.6. The predicted octanol–water partition coefficient (Wildman–Crippen LogP) is 2.55. The van der Waals surface area contributed by atoms with Crippen molar-refractivity contribution in [2.24, 2.45) is 16.1 Å². The fourth-order valence-corrected chi connectivity index (χ4v) is 3.82. The maximum Gasteiger partial charge on any atom is 0.255 e. The highest BCUT2D eigenvalue weighted by molar-refractivity contribution is 14.0. The lowest BCUT2D eigenvalue weighted by atomic mass is 9.68. The van der Waals surface area contributed by atoms with E-state index in [0.29, 0.717) is 11.2 Å². The molecule has 3 rings (SSSR count). The molecule has 0 unspecified atom stereocenters. The number of carbonyl (C=O) groups is 1. The number of nitrogens with one attached hydrogen (secondary N) is 1. The Balaban J connectivity index is 0.00000261. The molecule has 6 nitrogen and oxygen atoms in total. The number of hydrogen-bond donors (Lipinski definition) is 2. The first kappa shape index (κ1) is 21.8. The van der Waals surface area contributed by atoms with Gasteiger partial charge in [-0.05, 0) is 55.7 Å². The van der Waals surface area contributed by atoms with Crippen LogP contribution in [0.15, 0.2) is 29.3 Å². The number of likely N-dealkylation sites (tertiary alicyclic amines) is 1. The maximum absolute atomic E-state index is 10.7. The number of amides is 1. The van der Waals surface area contributed by atoms with Gasteiger partial charge in [0.1, 0.15) is 5.75 Å². The molecule has 0 radical (unpaired) electrons. The number of benzene rings is 1. The molecule has 2 fully saturated rings. The summed E-state index contributed by atoms with van der Waals surface area (Å²) in [5.74, 6) is 1.25. The molecule has 1 heterocycles. The number of rotatable bonds is 7. The number of ether oxygens (including phenoxy) is 1. The maximum atomic E-state index is 10.7. The first-order valence-corrected chi connectivity index (χ1v) is 9.63. The number of guanidine groups is 1. The van der Waals surface area contributed by atoms with Gasteiger partial charge in [-0.25, -0.2) is 0 Å². The van der Waals surface area contributed by atoms with Crippen LogP contribution >= 0.6 is 24.0 Å². The number of halogens is 1. The van der Waals surface area contributed by atoms with E-state index in [1.807, 2.05) is 24.3 Å². The zero-order valence-electron chi connectivity index (χ0n) is 16.1. The van der Waals surface area contributed by atoms with Crippen molar-refractivity contribution in [2.45, 2.75) is 39.0 Å². The lowest BCUT2D eigenvalue weighted by Gasteiger charge is -2.38. The molecule has 150 valence electrons. The minimum Gasteiger partial charge on any atom is -0.484 e. The summed E-state index contributed by atoms with van der Waals surface area (Å²) in [6.45, 7) is 5.96. The van der Waals surface area contributed by atoms with Gasteiger partial charge >= 0.3 is 0 Å². The summed E-state index contributed by atoms with van der Waals surface area (Å²) in [6, 6.07) is 7.76. The highest BCUT2D eigenvalue weighted by Crippen LogP contribution is 2.47. The molecule has 1 aromatic carbocycles. The summed E-state index contributed by atoms with van der Waals surface area (Å²) in [7, 11) is 0. The van der Waals surface area contributed by atoms with Gasteiger partial charge in [0.05, 0.1) is 0 Å². The third kappa shape index (κ3) is 5.99. The molecule has 3 N–H and O–H groups in total. The van der Waals surface area contributed by atoms with Crippen molar-refractivity contribution < 1.29 is 9.53 Å². The van der Waals surface area contributed by atoms with Gasteiger partial charge in [0.15, 0.2) is 12.6 Å². The van der Waals surface area contributed by atoms with Gasteiger partial charge in [0.25, 0.3) is 5.91 Å². The second kappa shape index (κ2) is 10.1. The smallest absolute Gasteiger partial charge is 0.255 e. The van der Waals surface area contributed by atoms with Crippen LogP contribution < -0.4 is 15.8 Å². The SMILES string of the molecule is CCNC(=NCCc1ccc(OCC(N)=O)cc1)N1CCC2(CCC2)C1.I. The number of hydrogen-bond acceptors (Lipinski definition) is 3. The van der Waals surface area contributed by atoms with Crippen LogP contribution in [0.2, 0.25) is 0 Å². The fraction of sp³-hybridized carbons (Fsp3) is 0.600. The second-order valence-electron chi connectivity index (χ2n) is 7.41. The summed E-state index contributed by atoms with van der Waals surface area (Å²) in [5, 5.41) is 3.45. The van der Waals surface area contributed by atoms with E-state index in [1.54, 1.807) is 0 Å². The third-order valence-electron chi connectivity index (χ3n) is 5.45. The monoisotopic (exact) mass is 486 g/mol. The zero-order chi connectivity index (χ0) is 18.4. The van der Waals surface area contributed by atoms with Crippen molar-refractivity contribution in [1.82, 2.24) is 10.2 Å². The largest absolute Gasteiger partial charge is 0.484 e. The van der Waals surface area contributed by atoms with Crippen LogP contribution in [-0.2, 0) is 11.2 Å². The highest BCUT2D eigenvalue weighted by atomic mass is 127. The quantitative estimate of drug-likeness (QED) is 0.353. The van der Waals surface area contributed by atoms with Crippen LogP contribution in [-0.4, -0.2) is 49.6 Å². The molecule has 0 aromatic heterocycles. The van der Waals surface area contributed by atoms with E-state index in [2.05, 4.69) is 17.1 Å². The van der Waals surface area contributed by atoms with Gasteiger partial charge in [-0.15, -0.1) is 24.0 Å². The topological polar surface area (TPSA) is 80.0 Å². The first-order valence-electron chi connectivity index (χ1n) is 9.63. The Bertz CT molecular complexity index is 644. The van der Waals surface area contributed by atoms with Crippen molar-refractivity contribution in [1.29, 1.82) is 0 Å². The van der Waals surface area contributed by atoms with Gasteiger partial charge in [-0.1, -0.05) is 18.6 Å². The second-order valence-corrected chi connectivity index (χ2v) is 7.41. The standard InChI is InChI=1S/C20H30N4O2.HI/c1-2-22-19(24-13-11-20(15-24)9-3-10-20)23-12-8-16-4-6-17(7-5-16)26-14-18(21)25;/h4-7H,2-3,8-15H2,1H3,(H2,21,25)(H,22,23);1H. The number of aliphatic imine (C=N–C) groups is 1. The van der Waals surface area contributed by atoms with Gasteiger partial charge in [0, 0.05) is 26.2 Å². The molecule has 1 spiro atoms. The molecule has 1 aliphatic heterocycles. The number of primary amides is 1. The molecule has 1 aromatic rings. The average molecular weight is 486 g/mol. The van der Waals surface area contributed by atoms with Crippen LogP contribution in [0, 0.1) is 5.41 Å².